The largest absolute Gasteiger partial charge is 0.383 e. The summed E-state index contributed by atoms with van der Waals surface area (Å²) in [6.45, 7) is 3.67. The normalized spacial score (nSPS) is 12.2. The second kappa shape index (κ2) is 10.5. The van der Waals surface area contributed by atoms with Crippen LogP contribution in [-0.2, 0) is 4.74 Å². The van der Waals surface area contributed by atoms with Gasteiger partial charge in [0.2, 0.25) is 0 Å². The van der Waals surface area contributed by atoms with Crippen LogP contribution < -0.4 is 10.6 Å². The van der Waals surface area contributed by atoms with E-state index in [0.717, 1.165) is 11.7 Å². The fraction of sp³-hybridized carbons (Fsp3) is 0.900. The maximum atomic E-state index is 5.14. The number of thiocarbonyl (C=S) groups is 1. The summed E-state index contributed by atoms with van der Waals surface area (Å²) in [4.78, 5) is 0. The van der Waals surface area contributed by atoms with Gasteiger partial charge in [-0.3, -0.25) is 0 Å². The summed E-state index contributed by atoms with van der Waals surface area (Å²) in [7, 11) is 1.69. The second-order valence-electron chi connectivity index (χ2n) is 3.46. The third-order valence-electron chi connectivity index (χ3n) is 1.85. The van der Waals surface area contributed by atoms with Gasteiger partial charge < -0.3 is 15.4 Å². The molecule has 15 heavy (non-hydrogen) atoms. The van der Waals surface area contributed by atoms with Gasteiger partial charge in [-0.1, -0.05) is 0 Å². The molecule has 0 fully saturated rings. The molecule has 90 valence electrons. The van der Waals surface area contributed by atoms with Crippen LogP contribution in [-0.4, -0.2) is 43.4 Å². The number of methoxy groups -OCH3 is 1. The van der Waals surface area contributed by atoms with Crippen molar-refractivity contribution in [3.05, 3.63) is 0 Å². The summed E-state index contributed by atoms with van der Waals surface area (Å²) < 4.78 is 5.01. The molecule has 0 spiro atoms. The molecular weight excluding hydrogens is 228 g/mol. The fourth-order valence-corrected chi connectivity index (χ4v) is 1.94. The van der Waals surface area contributed by atoms with Crippen LogP contribution in [0.4, 0.5) is 0 Å². The average molecular weight is 250 g/mol. The van der Waals surface area contributed by atoms with Gasteiger partial charge in [0.25, 0.3) is 0 Å². The van der Waals surface area contributed by atoms with Crippen LogP contribution in [0.5, 0.6) is 0 Å². The molecule has 0 bridgehead atoms. The Bertz CT molecular complexity index is 168. The highest BCUT2D eigenvalue weighted by molar-refractivity contribution is 7.98. The molecule has 0 aliphatic rings. The molecule has 0 aromatic rings. The molecule has 0 amide bonds. The first-order chi connectivity index (χ1) is 7.20. The topological polar surface area (TPSA) is 33.3 Å². The lowest BCUT2D eigenvalue weighted by Gasteiger charge is -2.15. The van der Waals surface area contributed by atoms with Crippen LogP contribution in [0.2, 0.25) is 0 Å². The lowest BCUT2D eigenvalue weighted by atomic mass is 10.3. The van der Waals surface area contributed by atoms with Crippen molar-refractivity contribution >= 4 is 29.1 Å². The van der Waals surface area contributed by atoms with Crippen LogP contribution in [0.1, 0.15) is 19.8 Å². The summed E-state index contributed by atoms with van der Waals surface area (Å²) in [6, 6.07) is 0.265. The zero-order chi connectivity index (χ0) is 11.5. The van der Waals surface area contributed by atoms with E-state index < -0.39 is 0 Å². The van der Waals surface area contributed by atoms with Crippen molar-refractivity contribution < 1.29 is 4.74 Å². The highest BCUT2D eigenvalue weighted by Crippen LogP contribution is 1.97. The standard InChI is InChI=1S/C10H22N2OS2/c1-9(8-13-2)12-10(14)11-6-4-5-7-15-3/h9H,4-8H2,1-3H3,(H2,11,12,14). The Morgan fingerprint density at radius 3 is 2.80 bits per heavy atom. The van der Waals surface area contributed by atoms with E-state index in [9.17, 15) is 0 Å². The van der Waals surface area contributed by atoms with Crippen molar-refractivity contribution in [3.63, 3.8) is 0 Å². The molecule has 0 aromatic heterocycles. The molecule has 0 heterocycles. The number of hydrogen-bond acceptors (Lipinski definition) is 3. The first-order valence-corrected chi connectivity index (χ1v) is 7.03. The Morgan fingerprint density at radius 2 is 2.20 bits per heavy atom. The molecule has 0 radical (unpaired) electrons. The SMILES string of the molecule is COCC(C)NC(=S)NCCCCSC. The molecular formula is C10H22N2OS2. The molecule has 0 aliphatic carbocycles. The number of rotatable bonds is 8. The number of thioether (sulfide) groups is 1. The van der Waals surface area contributed by atoms with Crippen molar-refractivity contribution in [3.8, 4) is 0 Å². The van der Waals surface area contributed by atoms with E-state index >= 15 is 0 Å². The smallest absolute Gasteiger partial charge is 0.166 e. The zero-order valence-corrected chi connectivity index (χ0v) is 11.5. The highest BCUT2D eigenvalue weighted by Gasteiger charge is 2.01. The van der Waals surface area contributed by atoms with Crippen molar-refractivity contribution in [2.75, 3.05) is 32.3 Å². The lowest BCUT2D eigenvalue weighted by molar-refractivity contribution is 0.179. The highest BCUT2D eigenvalue weighted by atomic mass is 32.2. The number of unbranched alkanes of at least 4 members (excludes halogenated alkanes) is 1. The molecule has 1 unspecified atom stereocenters. The Balaban J connectivity index is 3.32. The molecule has 1 atom stereocenters. The van der Waals surface area contributed by atoms with Gasteiger partial charge in [-0.05, 0) is 44.0 Å². The van der Waals surface area contributed by atoms with Crippen LogP contribution >= 0.6 is 24.0 Å². The zero-order valence-electron chi connectivity index (χ0n) is 9.84. The predicted octanol–water partition coefficient (Wildman–Crippen LogP) is 1.63. The van der Waals surface area contributed by atoms with Crippen LogP contribution in [0.25, 0.3) is 0 Å². The van der Waals surface area contributed by atoms with Gasteiger partial charge in [0, 0.05) is 19.7 Å². The van der Waals surface area contributed by atoms with Gasteiger partial charge in [0.05, 0.1) is 6.61 Å². The Kier molecular flexibility index (Phi) is 10.5. The second-order valence-corrected chi connectivity index (χ2v) is 4.85. The minimum Gasteiger partial charge on any atom is -0.383 e. The summed E-state index contributed by atoms with van der Waals surface area (Å²) in [5.74, 6) is 1.22. The monoisotopic (exact) mass is 250 g/mol. The maximum Gasteiger partial charge on any atom is 0.166 e. The van der Waals surface area contributed by atoms with E-state index in [2.05, 4.69) is 16.9 Å². The third kappa shape index (κ3) is 10.3. The van der Waals surface area contributed by atoms with Gasteiger partial charge in [0.15, 0.2) is 5.11 Å². The molecule has 0 saturated carbocycles. The van der Waals surface area contributed by atoms with Gasteiger partial charge >= 0.3 is 0 Å². The summed E-state index contributed by atoms with van der Waals surface area (Å²) in [5, 5.41) is 7.07. The first-order valence-electron chi connectivity index (χ1n) is 5.23. The van der Waals surface area contributed by atoms with Crippen LogP contribution in [0, 0.1) is 0 Å². The van der Waals surface area contributed by atoms with Crippen molar-refractivity contribution in [1.29, 1.82) is 0 Å². The van der Waals surface area contributed by atoms with E-state index in [1.807, 2.05) is 18.7 Å². The van der Waals surface area contributed by atoms with E-state index in [1.165, 1.54) is 18.6 Å². The van der Waals surface area contributed by atoms with E-state index in [-0.39, 0.29) is 6.04 Å². The number of nitrogens with one attached hydrogen (secondary N) is 2. The van der Waals surface area contributed by atoms with Crippen molar-refractivity contribution in [2.45, 2.75) is 25.8 Å². The minimum absolute atomic E-state index is 0.265. The molecule has 0 saturated heterocycles. The maximum absolute atomic E-state index is 5.14. The summed E-state index contributed by atoms with van der Waals surface area (Å²) >= 11 is 7.02. The Morgan fingerprint density at radius 1 is 1.47 bits per heavy atom. The Labute approximate surface area is 103 Å². The number of ether oxygens (including phenoxy) is 1. The third-order valence-corrected chi connectivity index (χ3v) is 2.81. The lowest BCUT2D eigenvalue weighted by Crippen LogP contribution is -2.42. The van der Waals surface area contributed by atoms with Crippen molar-refractivity contribution in [1.82, 2.24) is 10.6 Å². The quantitative estimate of drug-likeness (QED) is 0.505. The van der Waals surface area contributed by atoms with Gasteiger partial charge in [-0.15, -0.1) is 0 Å². The van der Waals surface area contributed by atoms with E-state index in [1.54, 1.807) is 7.11 Å². The van der Waals surface area contributed by atoms with Gasteiger partial charge in [-0.2, -0.15) is 11.8 Å². The molecule has 2 N–H and O–H groups in total. The fourth-order valence-electron chi connectivity index (χ4n) is 1.14. The van der Waals surface area contributed by atoms with E-state index in [0.29, 0.717) is 6.61 Å². The van der Waals surface area contributed by atoms with E-state index in [4.69, 9.17) is 17.0 Å². The summed E-state index contributed by atoms with van der Waals surface area (Å²) in [5.41, 5.74) is 0. The molecule has 3 nitrogen and oxygen atoms in total. The van der Waals surface area contributed by atoms with Gasteiger partial charge in [0.1, 0.15) is 0 Å². The van der Waals surface area contributed by atoms with Crippen molar-refractivity contribution in [2.24, 2.45) is 0 Å². The van der Waals surface area contributed by atoms with Crippen LogP contribution in [0.15, 0.2) is 0 Å². The van der Waals surface area contributed by atoms with Crippen LogP contribution in [0.3, 0.4) is 0 Å². The number of hydrogen-bond donors (Lipinski definition) is 2. The molecule has 0 rings (SSSR count). The Hall–Kier alpha value is 0. The molecule has 0 aromatic carbocycles. The molecule has 0 aliphatic heterocycles. The molecule has 5 heteroatoms. The minimum atomic E-state index is 0.265. The predicted molar refractivity (Wildman–Crippen MR) is 72.7 cm³/mol. The average Bonchev–Trinajstić information content (AvgIpc) is 2.17. The first kappa shape index (κ1) is 15.0. The van der Waals surface area contributed by atoms with Gasteiger partial charge in [-0.25, -0.2) is 0 Å². The summed E-state index contributed by atoms with van der Waals surface area (Å²) in [6.07, 6.45) is 4.54.